The van der Waals surface area contributed by atoms with E-state index in [9.17, 15) is 9.18 Å². The van der Waals surface area contributed by atoms with Crippen LogP contribution in [0.4, 0.5) is 4.39 Å². The fourth-order valence-electron chi connectivity index (χ4n) is 2.17. The second kappa shape index (κ2) is 7.15. The number of ether oxygens (including phenoxy) is 1. The molecule has 0 saturated carbocycles. The number of aromatic nitrogens is 1. The summed E-state index contributed by atoms with van der Waals surface area (Å²) >= 11 is 7.31. The first-order valence-electron chi connectivity index (χ1n) is 7.23. The minimum Gasteiger partial charge on any atom is -0.466 e. The van der Waals surface area contributed by atoms with Gasteiger partial charge < -0.3 is 9.15 Å². The molecule has 0 atom stereocenters. The molecule has 3 aromatic rings. The SMILES string of the molecule is CCOC(=O)Cc1nc(-c2ccc(F)cc2)oc1-c1ccc(Cl)s1. The first-order chi connectivity index (χ1) is 11.6. The van der Waals surface area contributed by atoms with Crippen LogP contribution in [0.15, 0.2) is 40.8 Å². The topological polar surface area (TPSA) is 52.3 Å². The van der Waals surface area contributed by atoms with E-state index in [-0.39, 0.29) is 18.2 Å². The predicted molar refractivity (Wildman–Crippen MR) is 90.6 cm³/mol. The van der Waals surface area contributed by atoms with Crippen LogP contribution in [-0.2, 0) is 16.0 Å². The molecule has 0 spiro atoms. The van der Waals surface area contributed by atoms with E-state index in [0.717, 1.165) is 4.88 Å². The summed E-state index contributed by atoms with van der Waals surface area (Å²) in [7, 11) is 0. The maximum atomic E-state index is 13.1. The maximum Gasteiger partial charge on any atom is 0.312 e. The summed E-state index contributed by atoms with van der Waals surface area (Å²) in [4.78, 5) is 17.0. The van der Waals surface area contributed by atoms with Crippen molar-refractivity contribution in [3.63, 3.8) is 0 Å². The quantitative estimate of drug-likeness (QED) is 0.599. The van der Waals surface area contributed by atoms with Gasteiger partial charge in [-0.3, -0.25) is 4.79 Å². The van der Waals surface area contributed by atoms with Crippen LogP contribution in [0.5, 0.6) is 0 Å². The van der Waals surface area contributed by atoms with E-state index in [1.165, 1.54) is 23.5 Å². The van der Waals surface area contributed by atoms with Crippen LogP contribution >= 0.6 is 22.9 Å². The summed E-state index contributed by atoms with van der Waals surface area (Å²) < 4.78 is 24.5. The molecule has 1 aromatic carbocycles. The zero-order valence-corrected chi connectivity index (χ0v) is 14.3. The van der Waals surface area contributed by atoms with Gasteiger partial charge in [-0.1, -0.05) is 11.6 Å². The third-order valence-electron chi connectivity index (χ3n) is 3.20. The lowest BCUT2D eigenvalue weighted by atomic mass is 10.2. The van der Waals surface area contributed by atoms with Gasteiger partial charge in [0.25, 0.3) is 0 Å². The van der Waals surface area contributed by atoms with Crippen LogP contribution in [-0.4, -0.2) is 17.6 Å². The largest absolute Gasteiger partial charge is 0.466 e. The van der Waals surface area contributed by atoms with Gasteiger partial charge in [-0.15, -0.1) is 11.3 Å². The molecule has 0 bridgehead atoms. The molecule has 0 aliphatic heterocycles. The fourth-order valence-corrected chi connectivity index (χ4v) is 3.21. The number of hydrogen-bond donors (Lipinski definition) is 0. The number of oxazole rings is 1. The van der Waals surface area contributed by atoms with E-state index in [2.05, 4.69) is 4.98 Å². The standard InChI is InChI=1S/C17H13ClFNO3S/c1-2-22-15(21)9-12-16(13-7-8-14(18)24-13)23-17(20-12)10-3-5-11(19)6-4-10/h3-8H,2,9H2,1H3. The monoisotopic (exact) mass is 365 g/mol. The van der Waals surface area contributed by atoms with E-state index >= 15 is 0 Å². The zero-order chi connectivity index (χ0) is 17.1. The lowest BCUT2D eigenvalue weighted by Gasteiger charge is -2.00. The number of thiophene rings is 1. The van der Waals surface area contributed by atoms with Crippen LogP contribution in [0.2, 0.25) is 4.34 Å². The van der Waals surface area contributed by atoms with Crippen molar-refractivity contribution in [1.29, 1.82) is 0 Å². The highest BCUT2D eigenvalue weighted by Gasteiger charge is 2.20. The van der Waals surface area contributed by atoms with Gasteiger partial charge >= 0.3 is 5.97 Å². The van der Waals surface area contributed by atoms with Gasteiger partial charge in [0.1, 0.15) is 5.82 Å². The zero-order valence-electron chi connectivity index (χ0n) is 12.7. The molecule has 0 unspecified atom stereocenters. The summed E-state index contributed by atoms with van der Waals surface area (Å²) in [5.41, 5.74) is 1.08. The molecule has 0 saturated heterocycles. The van der Waals surface area contributed by atoms with Crippen molar-refractivity contribution in [3.05, 3.63) is 52.2 Å². The third-order valence-corrected chi connectivity index (χ3v) is 4.43. The molecule has 24 heavy (non-hydrogen) atoms. The lowest BCUT2D eigenvalue weighted by molar-refractivity contribution is -0.142. The van der Waals surface area contributed by atoms with Gasteiger partial charge in [0.05, 0.1) is 27.9 Å². The second-order valence-electron chi connectivity index (χ2n) is 4.89. The fraction of sp³-hybridized carbons (Fsp3) is 0.176. The Balaban J connectivity index is 2.01. The number of halogens is 2. The Bertz CT molecular complexity index is 857. The van der Waals surface area contributed by atoms with Crippen molar-refractivity contribution in [2.75, 3.05) is 6.61 Å². The van der Waals surface area contributed by atoms with Gasteiger partial charge in [-0.2, -0.15) is 0 Å². The number of carbonyl (C=O) groups is 1. The predicted octanol–water partition coefficient (Wildman–Crippen LogP) is 4.97. The van der Waals surface area contributed by atoms with Crippen LogP contribution in [0, 0.1) is 5.82 Å². The molecule has 4 nitrogen and oxygen atoms in total. The molecule has 0 N–H and O–H groups in total. The molecule has 0 aliphatic carbocycles. The molecule has 7 heteroatoms. The van der Waals surface area contributed by atoms with E-state index in [4.69, 9.17) is 20.8 Å². The third kappa shape index (κ3) is 3.66. The van der Waals surface area contributed by atoms with Crippen molar-refractivity contribution in [1.82, 2.24) is 4.98 Å². The van der Waals surface area contributed by atoms with Crippen molar-refractivity contribution in [3.8, 4) is 22.1 Å². The Morgan fingerprint density at radius 3 is 2.67 bits per heavy atom. The highest BCUT2D eigenvalue weighted by atomic mass is 35.5. The molecule has 0 fully saturated rings. The Morgan fingerprint density at radius 2 is 2.04 bits per heavy atom. The molecule has 3 rings (SSSR count). The molecule has 124 valence electrons. The van der Waals surface area contributed by atoms with Crippen molar-refractivity contribution < 1.29 is 18.3 Å². The van der Waals surface area contributed by atoms with Crippen LogP contribution < -0.4 is 0 Å². The Morgan fingerprint density at radius 1 is 1.29 bits per heavy atom. The average molecular weight is 366 g/mol. The van der Waals surface area contributed by atoms with E-state index < -0.39 is 0 Å². The van der Waals surface area contributed by atoms with Crippen molar-refractivity contribution >= 4 is 28.9 Å². The van der Waals surface area contributed by atoms with E-state index in [1.54, 1.807) is 31.2 Å². The summed E-state index contributed by atoms with van der Waals surface area (Å²) in [6.45, 7) is 2.03. The normalized spacial score (nSPS) is 10.8. The Labute approximate surface area is 146 Å². The van der Waals surface area contributed by atoms with Crippen molar-refractivity contribution in [2.24, 2.45) is 0 Å². The highest BCUT2D eigenvalue weighted by molar-refractivity contribution is 7.19. The minimum atomic E-state index is -0.389. The minimum absolute atomic E-state index is 0.0105. The van der Waals surface area contributed by atoms with Gasteiger partial charge in [0, 0.05) is 5.56 Å². The summed E-state index contributed by atoms with van der Waals surface area (Å²) in [6.07, 6.45) is -0.0105. The Hall–Kier alpha value is -2.18. The van der Waals surface area contributed by atoms with E-state index in [0.29, 0.717) is 33.9 Å². The number of nitrogens with zero attached hydrogens (tertiary/aromatic N) is 1. The van der Waals surface area contributed by atoms with Gasteiger partial charge in [-0.05, 0) is 43.3 Å². The average Bonchev–Trinajstić information content (AvgIpc) is 3.14. The second-order valence-corrected chi connectivity index (χ2v) is 6.60. The molecular formula is C17H13ClFNO3S. The lowest BCUT2D eigenvalue weighted by Crippen LogP contribution is -2.08. The van der Waals surface area contributed by atoms with E-state index in [1.807, 2.05) is 0 Å². The molecular weight excluding hydrogens is 353 g/mol. The summed E-state index contributed by atoms with van der Waals surface area (Å²) in [5.74, 6) is 0.0516. The smallest absolute Gasteiger partial charge is 0.312 e. The first kappa shape index (κ1) is 16.7. The Kier molecular flexibility index (Phi) is 4.97. The van der Waals surface area contributed by atoms with Crippen LogP contribution in [0.3, 0.4) is 0 Å². The number of esters is 1. The van der Waals surface area contributed by atoms with Gasteiger partial charge in [-0.25, -0.2) is 9.37 Å². The van der Waals surface area contributed by atoms with Gasteiger partial charge in [0.15, 0.2) is 5.76 Å². The first-order valence-corrected chi connectivity index (χ1v) is 8.43. The van der Waals surface area contributed by atoms with Crippen LogP contribution in [0.25, 0.3) is 22.1 Å². The van der Waals surface area contributed by atoms with Crippen LogP contribution in [0.1, 0.15) is 12.6 Å². The number of carbonyl (C=O) groups excluding carboxylic acids is 1. The number of rotatable bonds is 5. The molecule has 0 aliphatic rings. The number of benzene rings is 1. The summed E-state index contributed by atoms with van der Waals surface area (Å²) in [5, 5.41) is 0. The summed E-state index contributed by atoms with van der Waals surface area (Å²) in [6, 6.07) is 9.34. The molecule has 2 heterocycles. The number of hydrogen-bond acceptors (Lipinski definition) is 5. The molecule has 2 aromatic heterocycles. The van der Waals surface area contributed by atoms with Crippen molar-refractivity contribution in [2.45, 2.75) is 13.3 Å². The molecule has 0 radical (unpaired) electrons. The van der Waals surface area contributed by atoms with Gasteiger partial charge in [0.2, 0.25) is 5.89 Å². The molecule has 0 amide bonds. The maximum absolute atomic E-state index is 13.1. The highest BCUT2D eigenvalue weighted by Crippen LogP contribution is 2.36.